The van der Waals surface area contributed by atoms with Gasteiger partial charge in [-0.1, -0.05) is 25.1 Å². The van der Waals surface area contributed by atoms with Gasteiger partial charge in [0.05, 0.1) is 23.8 Å². The molecule has 0 saturated carbocycles. The molecule has 1 N–H and O–H groups in total. The highest BCUT2D eigenvalue weighted by Crippen LogP contribution is 2.32. The standard InChI is InChI=1S/C22H28ClN3O.ClH/c1-3-26(15-12-23)14-7-6-13-24-22-18-8-4-5-9-20(18)25-21-11-10-17(27-2)16-19(21)22;/h4-5,8-11,16H,3,6-7,12-15H2,1-2H3,(H,24,25);1H. The number of unbranched alkanes of at least 4 members (excludes halogenated alkanes) is 1. The lowest BCUT2D eigenvalue weighted by Gasteiger charge is -2.19. The summed E-state index contributed by atoms with van der Waals surface area (Å²) in [7, 11) is 1.70. The van der Waals surface area contributed by atoms with Crippen molar-refractivity contribution in [3.8, 4) is 5.75 Å². The van der Waals surface area contributed by atoms with E-state index in [1.807, 2.05) is 18.2 Å². The van der Waals surface area contributed by atoms with Crippen molar-refractivity contribution in [2.75, 3.05) is 44.5 Å². The summed E-state index contributed by atoms with van der Waals surface area (Å²) in [6.45, 7) is 6.23. The van der Waals surface area contributed by atoms with Gasteiger partial charge in [-0.15, -0.1) is 24.0 Å². The number of hydrogen-bond acceptors (Lipinski definition) is 4. The number of anilines is 1. The zero-order valence-electron chi connectivity index (χ0n) is 16.6. The predicted octanol–water partition coefficient (Wildman–Crippen LogP) is 5.57. The lowest BCUT2D eigenvalue weighted by Crippen LogP contribution is -2.26. The summed E-state index contributed by atoms with van der Waals surface area (Å²) >= 11 is 5.86. The molecule has 3 aromatic rings. The number of methoxy groups -OCH3 is 1. The van der Waals surface area contributed by atoms with Gasteiger partial charge >= 0.3 is 0 Å². The minimum Gasteiger partial charge on any atom is -0.497 e. The third-order valence-electron chi connectivity index (χ3n) is 4.94. The van der Waals surface area contributed by atoms with Gasteiger partial charge in [-0.05, 0) is 50.2 Å². The van der Waals surface area contributed by atoms with Crippen LogP contribution in [0.2, 0.25) is 0 Å². The molecule has 28 heavy (non-hydrogen) atoms. The van der Waals surface area contributed by atoms with Crippen LogP contribution in [-0.2, 0) is 0 Å². The zero-order valence-corrected chi connectivity index (χ0v) is 18.2. The van der Waals surface area contributed by atoms with E-state index in [1.54, 1.807) is 7.11 Å². The van der Waals surface area contributed by atoms with Crippen molar-refractivity contribution in [1.29, 1.82) is 0 Å². The Balaban J connectivity index is 0.00000280. The Morgan fingerprint density at radius 2 is 1.82 bits per heavy atom. The number of rotatable bonds is 10. The van der Waals surface area contributed by atoms with E-state index in [0.29, 0.717) is 5.88 Å². The van der Waals surface area contributed by atoms with Crippen LogP contribution in [-0.4, -0.2) is 49.1 Å². The van der Waals surface area contributed by atoms with Crippen LogP contribution in [0, 0.1) is 0 Å². The first-order valence-corrected chi connectivity index (χ1v) is 10.2. The number of benzene rings is 2. The molecule has 0 unspecified atom stereocenters. The first-order chi connectivity index (χ1) is 13.3. The van der Waals surface area contributed by atoms with Crippen molar-refractivity contribution in [3.63, 3.8) is 0 Å². The third-order valence-corrected chi connectivity index (χ3v) is 5.11. The van der Waals surface area contributed by atoms with Gasteiger partial charge in [-0.25, -0.2) is 4.98 Å². The molecule has 1 aromatic heterocycles. The summed E-state index contributed by atoms with van der Waals surface area (Å²) in [6.07, 6.45) is 2.27. The molecule has 0 fully saturated rings. The van der Waals surface area contributed by atoms with Crippen molar-refractivity contribution in [1.82, 2.24) is 9.88 Å². The van der Waals surface area contributed by atoms with E-state index in [1.165, 1.54) is 0 Å². The maximum Gasteiger partial charge on any atom is 0.119 e. The topological polar surface area (TPSA) is 37.4 Å². The van der Waals surface area contributed by atoms with Gasteiger partial charge in [0.1, 0.15) is 5.75 Å². The van der Waals surface area contributed by atoms with Gasteiger partial charge < -0.3 is 15.0 Å². The Morgan fingerprint density at radius 1 is 1.04 bits per heavy atom. The van der Waals surface area contributed by atoms with E-state index < -0.39 is 0 Å². The molecule has 0 saturated heterocycles. The minimum atomic E-state index is 0. The van der Waals surface area contributed by atoms with Crippen LogP contribution in [0.5, 0.6) is 5.75 Å². The largest absolute Gasteiger partial charge is 0.497 e. The van der Waals surface area contributed by atoms with Crippen LogP contribution in [0.25, 0.3) is 21.8 Å². The lowest BCUT2D eigenvalue weighted by atomic mass is 10.1. The summed E-state index contributed by atoms with van der Waals surface area (Å²) in [4.78, 5) is 7.20. The Kier molecular flexibility index (Phi) is 9.10. The number of ether oxygens (including phenoxy) is 1. The average Bonchev–Trinajstić information content (AvgIpc) is 2.71. The highest BCUT2D eigenvalue weighted by molar-refractivity contribution is 6.18. The monoisotopic (exact) mass is 421 g/mol. The Bertz CT molecular complexity index is 888. The van der Waals surface area contributed by atoms with Crippen molar-refractivity contribution < 1.29 is 4.74 Å². The van der Waals surface area contributed by atoms with Crippen molar-refractivity contribution in [2.45, 2.75) is 19.8 Å². The van der Waals surface area contributed by atoms with Crippen LogP contribution in [0.3, 0.4) is 0 Å². The highest BCUT2D eigenvalue weighted by Gasteiger charge is 2.10. The Labute approximate surface area is 178 Å². The summed E-state index contributed by atoms with van der Waals surface area (Å²) in [5, 5.41) is 5.92. The molecule has 6 heteroatoms. The van der Waals surface area contributed by atoms with Gasteiger partial charge in [0, 0.05) is 29.7 Å². The van der Waals surface area contributed by atoms with E-state index in [0.717, 1.165) is 72.3 Å². The van der Waals surface area contributed by atoms with Crippen LogP contribution >= 0.6 is 24.0 Å². The molecule has 0 bridgehead atoms. The number of fused-ring (bicyclic) bond motifs is 2. The maximum atomic E-state index is 5.86. The van der Waals surface area contributed by atoms with Gasteiger partial charge in [0.25, 0.3) is 0 Å². The molecule has 0 amide bonds. The van der Waals surface area contributed by atoms with E-state index in [4.69, 9.17) is 21.3 Å². The number of nitrogens with one attached hydrogen (secondary N) is 1. The maximum absolute atomic E-state index is 5.86. The molecule has 2 aromatic carbocycles. The van der Waals surface area contributed by atoms with Gasteiger partial charge in [-0.3, -0.25) is 0 Å². The Morgan fingerprint density at radius 3 is 2.57 bits per heavy atom. The van der Waals surface area contributed by atoms with Crippen molar-refractivity contribution >= 4 is 51.5 Å². The van der Waals surface area contributed by atoms with Crippen molar-refractivity contribution in [2.24, 2.45) is 0 Å². The van der Waals surface area contributed by atoms with E-state index in [2.05, 4.69) is 41.4 Å². The van der Waals surface area contributed by atoms with E-state index >= 15 is 0 Å². The lowest BCUT2D eigenvalue weighted by molar-refractivity contribution is 0.300. The SMILES string of the molecule is CCN(CCCl)CCCCNc1c2ccccc2nc2ccc(OC)cc12.Cl. The fourth-order valence-corrected chi connectivity index (χ4v) is 3.65. The molecule has 4 nitrogen and oxygen atoms in total. The fraction of sp³-hybridized carbons (Fsp3) is 0.409. The summed E-state index contributed by atoms with van der Waals surface area (Å²) in [5.74, 6) is 1.55. The first kappa shape index (κ1) is 22.5. The average molecular weight is 422 g/mol. The molecular weight excluding hydrogens is 393 g/mol. The van der Waals surface area contributed by atoms with Gasteiger partial charge in [0.15, 0.2) is 0 Å². The van der Waals surface area contributed by atoms with E-state index in [-0.39, 0.29) is 12.4 Å². The third kappa shape index (κ3) is 5.40. The number of hydrogen-bond donors (Lipinski definition) is 1. The molecule has 0 aliphatic carbocycles. The predicted molar refractivity (Wildman–Crippen MR) is 124 cm³/mol. The molecule has 1 heterocycles. The zero-order chi connectivity index (χ0) is 19.1. The second-order valence-electron chi connectivity index (χ2n) is 6.64. The molecule has 0 radical (unpaired) electrons. The van der Waals surface area contributed by atoms with Crippen LogP contribution in [0.4, 0.5) is 5.69 Å². The highest BCUT2D eigenvalue weighted by atomic mass is 35.5. The first-order valence-electron chi connectivity index (χ1n) is 9.65. The molecule has 152 valence electrons. The number of para-hydroxylation sites is 1. The molecular formula is C22H29Cl2N3O. The second kappa shape index (κ2) is 11.3. The molecule has 0 spiro atoms. The Hall–Kier alpha value is -1.75. The van der Waals surface area contributed by atoms with Gasteiger partial charge in [-0.2, -0.15) is 0 Å². The number of nitrogens with zero attached hydrogens (tertiary/aromatic N) is 2. The summed E-state index contributed by atoms with van der Waals surface area (Å²) in [5.41, 5.74) is 3.14. The summed E-state index contributed by atoms with van der Waals surface area (Å²) in [6, 6.07) is 14.3. The second-order valence-corrected chi connectivity index (χ2v) is 7.02. The smallest absolute Gasteiger partial charge is 0.119 e. The number of halogens is 2. The quantitative estimate of drug-likeness (QED) is 0.263. The normalized spacial score (nSPS) is 11.0. The fourth-order valence-electron chi connectivity index (χ4n) is 3.41. The number of aromatic nitrogens is 1. The summed E-state index contributed by atoms with van der Waals surface area (Å²) < 4.78 is 5.42. The molecule has 0 aliphatic rings. The van der Waals surface area contributed by atoms with Crippen LogP contribution in [0.1, 0.15) is 19.8 Å². The molecule has 0 aliphatic heterocycles. The molecule has 3 rings (SSSR count). The van der Waals surface area contributed by atoms with Crippen LogP contribution in [0.15, 0.2) is 42.5 Å². The van der Waals surface area contributed by atoms with Crippen molar-refractivity contribution in [3.05, 3.63) is 42.5 Å². The number of pyridine rings is 1. The number of alkyl halides is 1. The van der Waals surface area contributed by atoms with Gasteiger partial charge in [0.2, 0.25) is 0 Å². The van der Waals surface area contributed by atoms with E-state index in [9.17, 15) is 0 Å². The minimum absolute atomic E-state index is 0. The van der Waals surface area contributed by atoms with Crippen LogP contribution < -0.4 is 10.1 Å². The molecule has 0 atom stereocenters.